The van der Waals surface area contributed by atoms with Crippen molar-refractivity contribution in [2.45, 2.75) is 20.8 Å². The molecule has 0 spiro atoms. The van der Waals surface area contributed by atoms with Crippen LogP contribution in [0.3, 0.4) is 0 Å². The molecule has 0 saturated carbocycles. The predicted molar refractivity (Wildman–Crippen MR) is 105 cm³/mol. The van der Waals surface area contributed by atoms with Gasteiger partial charge >= 0.3 is 0 Å². The molecule has 1 heterocycles. The van der Waals surface area contributed by atoms with Gasteiger partial charge in [-0.1, -0.05) is 42.0 Å². The number of rotatable bonds is 5. The lowest BCUT2D eigenvalue weighted by Crippen LogP contribution is -2.32. The van der Waals surface area contributed by atoms with E-state index in [1.54, 1.807) is 6.08 Å². The highest BCUT2D eigenvalue weighted by atomic mass is 16.2. The molecule has 4 nitrogen and oxygen atoms in total. The lowest BCUT2D eigenvalue weighted by molar-refractivity contribution is -0.136. The first kappa shape index (κ1) is 17.7. The van der Waals surface area contributed by atoms with E-state index in [2.05, 4.69) is 11.9 Å². The molecule has 0 fully saturated rings. The van der Waals surface area contributed by atoms with Crippen LogP contribution in [0, 0.1) is 20.8 Å². The Kier molecular flexibility index (Phi) is 4.76. The van der Waals surface area contributed by atoms with E-state index >= 15 is 0 Å². The fraction of sp³-hybridized carbons (Fsp3) is 0.182. The van der Waals surface area contributed by atoms with Crippen LogP contribution in [0.1, 0.15) is 22.3 Å². The molecule has 1 aliphatic heterocycles. The standard InChI is InChI=1S/C22H22N2O2/c1-5-11-24-21(25)19(18-10-9-15(3)12-16(18)4)20(22(24)26)23-17-8-6-7-14(2)13-17/h5-10,12-13,23H,1,11H2,2-4H3. The van der Waals surface area contributed by atoms with Crippen LogP contribution in [0.5, 0.6) is 0 Å². The summed E-state index contributed by atoms with van der Waals surface area (Å²) < 4.78 is 0. The van der Waals surface area contributed by atoms with Gasteiger partial charge in [0.15, 0.2) is 0 Å². The number of aryl methyl sites for hydroxylation is 3. The lowest BCUT2D eigenvalue weighted by Gasteiger charge is -2.12. The zero-order valence-electron chi connectivity index (χ0n) is 15.3. The van der Waals surface area contributed by atoms with Crippen LogP contribution < -0.4 is 5.32 Å². The van der Waals surface area contributed by atoms with Gasteiger partial charge in [0.1, 0.15) is 5.70 Å². The van der Waals surface area contributed by atoms with Gasteiger partial charge in [-0.2, -0.15) is 0 Å². The molecule has 0 saturated heterocycles. The van der Waals surface area contributed by atoms with Crippen LogP contribution in [0.2, 0.25) is 0 Å². The highest BCUT2D eigenvalue weighted by Crippen LogP contribution is 2.32. The van der Waals surface area contributed by atoms with Crippen molar-refractivity contribution >= 4 is 23.1 Å². The molecule has 0 aromatic heterocycles. The molecule has 1 aliphatic rings. The van der Waals surface area contributed by atoms with Crippen molar-refractivity contribution in [1.29, 1.82) is 0 Å². The quantitative estimate of drug-likeness (QED) is 0.658. The highest BCUT2D eigenvalue weighted by Gasteiger charge is 2.39. The molecule has 0 atom stereocenters. The summed E-state index contributed by atoms with van der Waals surface area (Å²) in [7, 11) is 0. The summed E-state index contributed by atoms with van der Waals surface area (Å²) in [6, 6.07) is 13.6. The third-order valence-corrected chi connectivity index (χ3v) is 4.42. The molecule has 0 bridgehead atoms. The van der Waals surface area contributed by atoms with Crippen molar-refractivity contribution in [3.63, 3.8) is 0 Å². The van der Waals surface area contributed by atoms with E-state index in [1.165, 1.54) is 4.90 Å². The second-order valence-electron chi connectivity index (χ2n) is 6.57. The molecule has 0 aliphatic carbocycles. The maximum absolute atomic E-state index is 13.0. The van der Waals surface area contributed by atoms with Crippen molar-refractivity contribution in [1.82, 2.24) is 4.90 Å². The molecule has 132 valence electrons. The van der Waals surface area contributed by atoms with Gasteiger partial charge < -0.3 is 5.32 Å². The minimum Gasteiger partial charge on any atom is -0.350 e. The van der Waals surface area contributed by atoms with Crippen LogP contribution in [-0.2, 0) is 9.59 Å². The van der Waals surface area contributed by atoms with Gasteiger partial charge in [0.2, 0.25) is 0 Å². The number of carbonyl (C=O) groups excluding carboxylic acids is 2. The van der Waals surface area contributed by atoms with Gasteiger partial charge in [-0.3, -0.25) is 14.5 Å². The first-order valence-electron chi connectivity index (χ1n) is 8.55. The van der Waals surface area contributed by atoms with Crippen LogP contribution in [0.4, 0.5) is 5.69 Å². The average molecular weight is 346 g/mol. The van der Waals surface area contributed by atoms with Crippen LogP contribution >= 0.6 is 0 Å². The fourth-order valence-corrected chi connectivity index (χ4v) is 3.20. The zero-order valence-corrected chi connectivity index (χ0v) is 15.3. The number of imide groups is 1. The first-order valence-corrected chi connectivity index (χ1v) is 8.55. The molecule has 3 rings (SSSR count). The van der Waals surface area contributed by atoms with Gasteiger partial charge in [0, 0.05) is 12.2 Å². The van der Waals surface area contributed by atoms with E-state index < -0.39 is 0 Å². The van der Waals surface area contributed by atoms with Crippen LogP contribution in [-0.4, -0.2) is 23.3 Å². The van der Waals surface area contributed by atoms with Crippen molar-refractivity contribution in [2.75, 3.05) is 11.9 Å². The Morgan fingerprint density at radius 3 is 2.38 bits per heavy atom. The summed E-state index contributed by atoms with van der Waals surface area (Å²) in [6.45, 7) is 9.78. The molecule has 0 radical (unpaired) electrons. The smallest absolute Gasteiger partial charge is 0.278 e. The molecule has 2 aromatic rings. The number of hydrogen-bond donors (Lipinski definition) is 1. The second kappa shape index (κ2) is 7.00. The lowest BCUT2D eigenvalue weighted by atomic mass is 9.97. The number of benzene rings is 2. The van der Waals surface area contributed by atoms with E-state index in [0.29, 0.717) is 11.3 Å². The fourth-order valence-electron chi connectivity index (χ4n) is 3.20. The van der Waals surface area contributed by atoms with Crippen molar-refractivity contribution in [3.8, 4) is 0 Å². The Bertz CT molecular complexity index is 941. The summed E-state index contributed by atoms with van der Waals surface area (Å²) in [5.41, 5.74) is 5.43. The Balaban J connectivity index is 2.14. The van der Waals surface area contributed by atoms with Gasteiger partial charge in [0.25, 0.3) is 11.8 Å². The molecule has 2 amide bonds. The van der Waals surface area contributed by atoms with Gasteiger partial charge in [-0.25, -0.2) is 0 Å². The number of hydrogen-bond acceptors (Lipinski definition) is 3. The molecule has 2 aromatic carbocycles. The molecular weight excluding hydrogens is 324 g/mol. The molecule has 26 heavy (non-hydrogen) atoms. The zero-order chi connectivity index (χ0) is 18.8. The van der Waals surface area contributed by atoms with Crippen LogP contribution in [0.25, 0.3) is 5.57 Å². The summed E-state index contributed by atoms with van der Waals surface area (Å²) in [4.78, 5) is 27.1. The third kappa shape index (κ3) is 3.18. The maximum atomic E-state index is 13.0. The van der Waals surface area contributed by atoms with Crippen LogP contribution in [0.15, 0.2) is 60.8 Å². The largest absolute Gasteiger partial charge is 0.350 e. The average Bonchev–Trinajstić information content (AvgIpc) is 2.80. The second-order valence-corrected chi connectivity index (χ2v) is 6.57. The van der Waals surface area contributed by atoms with Crippen molar-refractivity contribution < 1.29 is 9.59 Å². The molecular formula is C22H22N2O2. The highest BCUT2D eigenvalue weighted by molar-refractivity contribution is 6.36. The SMILES string of the molecule is C=CCN1C(=O)C(Nc2cccc(C)c2)=C(c2ccc(C)cc2C)C1=O. The van der Waals surface area contributed by atoms with Gasteiger partial charge in [-0.15, -0.1) is 6.58 Å². The maximum Gasteiger partial charge on any atom is 0.278 e. The van der Waals surface area contributed by atoms with Gasteiger partial charge in [0.05, 0.1) is 5.57 Å². The third-order valence-electron chi connectivity index (χ3n) is 4.42. The van der Waals surface area contributed by atoms with E-state index in [9.17, 15) is 9.59 Å². The number of nitrogens with zero attached hydrogens (tertiary/aromatic N) is 1. The topological polar surface area (TPSA) is 49.4 Å². The normalized spacial score (nSPS) is 14.2. The summed E-state index contributed by atoms with van der Waals surface area (Å²) >= 11 is 0. The molecule has 0 unspecified atom stereocenters. The number of nitrogens with one attached hydrogen (secondary N) is 1. The van der Waals surface area contributed by atoms with E-state index in [-0.39, 0.29) is 18.4 Å². The molecule has 1 N–H and O–H groups in total. The van der Waals surface area contributed by atoms with E-state index in [4.69, 9.17) is 0 Å². The Morgan fingerprint density at radius 2 is 1.73 bits per heavy atom. The molecule has 4 heteroatoms. The van der Waals surface area contributed by atoms with E-state index in [0.717, 1.165) is 27.9 Å². The monoisotopic (exact) mass is 346 g/mol. The Labute approximate surface area is 153 Å². The number of amides is 2. The number of carbonyl (C=O) groups is 2. The van der Waals surface area contributed by atoms with E-state index in [1.807, 2.05) is 63.2 Å². The first-order chi connectivity index (χ1) is 12.4. The summed E-state index contributed by atoms with van der Waals surface area (Å²) in [5, 5.41) is 3.17. The minimum atomic E-state index is -0.327. The van der Waals surface area contributed by atoms with Crippen molar-refractivity contribution in [3.05, 3.63) is 83.1 Å². The Morgan fingerprint density at radius 1 is 1.00 bits per heavy atom. The summed E-state index contributed by atoms with van der Waals surface area (Å²) in [5.74, 6) is -0.622. The minimum absolute atomic E-state index is 0.186. The van der Waals surface area contributed by atoms with Gasteiger partial charge in [-0.05, 0) is 49.6 Å². The number of anilines is 1. The van der Waals surface area contributed by atoms with Crippen molar-refractivity contribution in [2.24, 2.45) is 0 Å². The Hall–Kier alpha value is -3.14. The predicted octanol–water partition coefficient (Wildman–Crippen LogP) is 3.99. The summed E-state index contributed by atoms with van der Waals surface area (Å²) in [6.07, 6.45) is 1.56.